The fraction of sp³-hybridized carbons (Fsp3) is 0.188. The molecule has 3 heterocycles. The number of nitrogens with zero attached hydrogens (tertiary/aromatic N) is 3. The van der Waals surface area contributed by atoms with Crippen molar-refractivity contribution in [3.8, 4) is 0 Å². The molecule has 3 aromatic rings. The van der Waals surface area contributed by atoms with Crippen molar-refractivity contribution in [1.82, 2.24) is 19.7 Å². The lowest BCUT2D eigenvalue weighted by Crippen LogP contribution is -2.38. The molecule has 0 saturated heterocycles. The Hall–Kier alpha value is -2.90. The summed E-state index contributed by atoms with van der Waals surface area (Å²) in [7, 11) is 0. The van der Waals surface area contributed by atoms with Gasteiger partial charge in [0.2, 0.25) is 0 Å². The minimum absolute atomic E-state index is 0.0845. The molecule has 5 nitrogen and oxygen atoms in total. The summed E-state index contributed by atoms with van der Waals surface area (Å²) in [5, 5.41) is 1.99. The Bertz CT molecular complexity index is 874. The number of nitrogens with one attached hydrogen (secondary N) is 1. The summed E-state index contributed by atoms with van der Waals surface area (Å²) in [4.78, 5) is 19.9. The van der Waals surface area contributed by atoms with E-state index in [1.165, 1.54) is 24.5 Å². The molecular weight excluding hydrogens is 321 g/mol. The normalized spacial score (nSPS) is 13.0. The average Bonchev–Trinajstić information content (AvgIpc) is 2.95. The Kier molecular flexibility index (Phi) is 3.96. The summed E-state index contributed by atoms with van der Waals surface area (Å²) in [5.74, 6) is -0.900. The first-order valence-corrected chi connectivity index (χ1v) is 7.07. The molecule has 0 spiro atoms. The molecule has 0 saturated carbocycles. The topological polar surface area (TPSA) is 59.3 Å². The molecule has 0 aliphatic heterocycles. The van der Waals surface area contributed by atoms with Crippen LogP contribution < -0.4 is 5.32 Å². The number of fused-ring (bicyclic) bond motifs is 1. The largest absolute Gasteiger partial charge is 0.412 e. The van der Waals surface area contributed by atoms with Gasteiger partial charge < -0.3 is 9.72 Å². The van der Waals surface area contributed by atoms with Crippen molar-refractivity contribution in [2.75, 3.05) is 0 Å². The van der Waals surface area contributed by atoms with Crippen molar-refractivity contribution in [3.05, 3.63) is 65.9 Å². The van der Waals surface area contributed by atoms with Crippen LogP contribution in [0.3, 0.4) is 0 Å². The first kappa shape index (κ1) is 16.0. The van der Waals surface area contributed by atoms with E-state index in [4.69, 9.17) is 0 Å². The van der Waals surface area contributed by atoms with Gasteiger partial charge in [-0.1, -0.05) is 12.1 Å². The maximum absolute atomic E-state index is 13.3. The molecule has 8 heteroatoms. The fourth-order valence-corrected chi connectivity index (χ4v) is 2.32. The lowest BCUT2D eigenvalue weighted by molar-refractivity contribution is -0.155. The van der Waals surface area contributed by atoms with E-state index >= 15 is 0 Å². The van der Waals surface area contributed by atoms with Gasteiger partial charge >= 0.3 is 6.18 Å². The number of hydrogen-bond donors (Lipinski definition) is 1. The van der Waals surface area contributed by atoms with Crippen molar-refractivity contribution in [3.63, 3.8) is 0 Å². The molecule has 0 aromatic carbocycles. The molecule has 0 fully saturated rings. The summed E-state index contributed by atoms with van der Waals surface area (Å²) in [5.41, 5.74) is 1.20. The molecular formula is C16H13F3N4O. The van der Waals surface area contributed by atoms with Crippen molar-refractivity contribution in [2.24, 2.45) is 0 Å². The monoisotopic (exact) mass is 334 g/mol. The molecule has 3 rings (SSSR count). The second kappa shape index (κ2) is 5.95. The van der Waals surface area contributed by atoms with Gasteiger partial charge in [-0.25, -0.2) is 4.98 Å². The second-order valence-corrected chi connectivity index (χ2v) is 5.33. The first-order valence-electron chi connectivity index (χ1n) is 7.07. The minimum atomic E-state index is -4.64. The molecule has 1 N–H and O–H groups in total. The van der Waals surface area contributed by atoms with Gasteiger partial charge in [-0.3, -0.25) is 9.78 Å². The summed E-state index contributed by atoms with van der Waals surface area (Å²) in [6.45, 7) is 1.86. The van der Waals surface area contributed by atoms with Gasteiger partial charge in [0.15, 0.2) is 6.04 Å². The first-order chi connectivity index (χ1) is 11.3. The van der Waals surface area contributed by atoms with Crippen LogP contribution in [0.4, 0.5) is 13.2 Å². The molecule has 0 bridgehead atoms. The lowest BCUT2D eigenvalue weighted by Gasteiger charge is -2.21. The van der Waals surface area contributed by atoms with Gasteiger partial charge in [-0.05, 0) is 24.6 Å². The third kappa shape index (κ3) is 3.22. The number of rotatable bonds is 3. The van der Waals surface area contributed by atoms with Crippen LogP contribution in [0.2, 0.25) is 0 Å². The Morgan fingerprint density at radius 1 is 1.25 bits per heavy atom. The van der Waals surface area contributed by atoms with Gasteiger partial charge in [-0.2, -0.15) is 13.2 Å². The Morgan fingerprint density at radius 2 is 2.04 bits per heavy atom. The zero-order chi connectivity index (χ0) is 17.3. The number of carbonyl (C=O) groups excluding carboxylic acids is 1. The van der Waals surface area contributed by atoms with Crippen LogP contribution in [0.1, 0.15) is 27.7 Å². The maximum atomic E-state index is 13.3. The SMILES string of the molecule is Cc1ccc2nc(C(=O)N[C@@H](c3cccnc3)C(F)(F)F)cn2c1. The van der Waals surface area contributed by atoms with E-state index in [1.54, 1.807) is 22.7 Å². The third-order valence-electron chi connectivity index (χ3n) is 3.45. The summed E-state index contributed by atoms with van der Waals surface area (Å²) in [6.07, 6.45) is 0.929. The van der Waals surface area contributed by atoms with E-state index in [0.717, 1.165) is 11.8 Å². The highest BCUT2D eigenvalue weighted by Gasteiger charge is 2.42. The van der Waals surface area contributed by atoms with Crippen molar-refractivity contribution < 1.29 is 18.0 Å². The molecule has 1 amide bonds. The van der Waals surface area contributed by atoms with Crippen LogP contribution in [0.15, 0.2) is 49.1 Å². The average molecular weight is 334 g/mol. The standard InChI is InChI=1S/C16H13F3N4O/c1-10-4-5-13-21-12(9-23(13)8-10)15(24)22-14(16(17,18)19)11-3-2-6-20-7-11/h2-9,14H,1H3,(H,22,24)/t14-/m0/s1. The molecule has 0 aliphatic rings. The van der Waals surface area contributed by atoms with E-state index in [0.29, 0.717) is 5.65 Å². The van der Waals surface area contributed by atoms with Crippen LogP contribution in [-0.4, -0.2) is 26.5 Å². The Labute approximate surface area is 135 Å². The highest BCUT2D eigenvalue weighted by Crippen LogP contribution is 2.32. The second-order valence-electron chi connectivity index (χ2n) is 5.33. The van der Waals surface area contributed by atoms with Crippen molar-refractivity contribution in [2.45, 2.75) is 19.1 Å². The highest BCUT2D eigenvalue weighted by atomic mass is 19.4. The van der Waals surface area contributed by atoms with Gasteiger partial charge in [0.05, 0.1) is 0 Å². The summed E-state index contributed by atoms with van der Waals surface area (Å²) >= 11 is 0. The molecule has 0 radical (unpaired) electrons. The molecule has 0 aliphatic carbocycles. The summed E-state index contributed by atoms with van der Waals surface area (Å²) < 4.78 is 41.4. The molecule has 124 valence electrons. The number of alkyl halides is 3. The van der Waals surface area contributed by atoms with E-state index in [2.05, 4.69) is 9.97 Å². The predicted molar refractivity (Wildman–Crippen MR) is 80.4 cm³/mol. The van der Waals surface area contributed by atoms with Crippen LogP contribution in [0, 0.1) is 6.92 Å². The zero-order valence-corrected chi connectivity index (χ0v) is 12.6. The van der Waals surface area contributed by atoms with Gasteiger partial charge in [0.1, 0.15) is 11.3 Å². The van der Waals surface area contributed by atoms with Crippen LogP contribution in [0.25, 0.3) is 5.65 Å². The van der Waals surface area contributed by atoms with Gasteiger partial charge in [0.25, 0.3) is 5.91 Å². The molecule has 24 heavy (non-hydrogen) atoms. The smallest absolute Gasteiger partial charge is 0.335 e. The number of aryl methyl sites for hydroxylation is 1. The molecule has 1 atom stereocenters. The minimum Gasteiger partial charge on any atom is -0.335 e. The van der Waals surface area contributed by atoms with Crippen LogP contribution in [-0.2, 0) is 0 Å². The van der Waals surface area contributed by atoms with E-state index in [9.17, 15) is 18.0 Å². The zero-order valence-electron chi connectivity index (χ0n) is 12.6. The van der Waals surface area contributed by atoms with Crippen molar-refractivity contribution >= 4 is 11.6 Å². The number of imidazole rings is 1. The number of amides is 1. The van der Waals surface area contributed by atoms with Gasteiger partial charge in [-0.15, -0.1) is 0 Å². The Morgan fingerprint density at radius 3 is 2.71 bits per heavy atom. The van der Waals surface area contributed by atoms with E-state index in [1.807, 2.05) is 12.2 Å². The van der Waals surface area contributed by atoms with E-state index in [-0.39, 0.29) is 11.3 Å². The number of aromatic nitrogens is 3. The van der Waals surface area contributed by atoms with Crippen LogP contribution in [0.5, 0.6) is 0 Å². The number of carbonyl (C=O) groups is 1. The number of pyridine rings is 2. The van der Waals surface area contributed by atoms with E-state index < -0.39 is 18.1 Å². The van der Waals surface area contributed by atoms with Crippen LogP contribution >= 0.6 is 0 Å². The highest BCUT2D eigenvalue weighted by molar-refractivity contribution is 5.93. The van der Waals surface area contributed by atoms with Crippen molar-refractivity contribution in [1.29, 1.82) is 0 Å². The number of hydrogen-bond acceptors (Lipinski definition) is 3. The number of halogens is 3. The molecule has 3 aromatic heterocycles. The Balaban J connectivity index is 1.90. The fourth-order valence-electron chi connectivity index (χ4n) is 2.32. The predicted octanol–water partition coefficient (Wildman–Crippen LogP) is 3.07. The maximum Gasteiger partial charge on any atom is 0.412 e. The summed E-state index contributed by atoms with van der Waals surface area (Å²) in [6, 6.07) is 3.99. The third-order valence-corrected chi connectivity index (χ3v) is 3.45. The van der Waals surface area contributed by atoms with Gasteiger partial charge in [0, 0.05) is 30.4 Å². The lowest BCUT2D eigenvalue weighted by atomic mass is 10.1. The quantitative estimate of drug-likeness (QED) is 0.801. The molecule has 0 unspecified atom stereocenters.